The Hall–Kier alpha value is -1.60. The van der Waals surface area contributed by atoms with Gasteiger partial charge in [0.25, 0.3) is 5.91 Å². The summed E-state index contributed by atoms with van der Waals surface area (Å²) in [5, 5.41) is 11.6. The summed E-state index contributed by atoms with van der Waals surface area (Å²) in [6.07, 6.45) is 0. The van der Waals surface area contributed by atoms with Gasteiger partial charge in [0.15, 0.2) is 10.9 Å². The van der Waals surface area contributed by atoms with E-state index in [-0.39, 0.29) is 12.5 Å². The summed E-state index contributed by atoms with van der Waals surface area (Å²) in [6.45, 7) is 8.40. The maximum atomic E-state index is 11.9. The first kappa shape index (κ1) is 17.7. The Morgan fingerprint density at radius 1 is 1.22 bits per heavy atom. The molecule has 1 N–H and O–H groups in total. The van der Waals surface area contributed by atoms with Crippen molar-refractivity contribution in [2.24, 2.45) is 0 Å². The molecule has 2 rings (SSSR count). The molecule has 2 aromatic rings. The Kier molecular flexibility index (Phi) is 6.41. The van der Waals surface area contributed by atoms with Crippen LogP contribution in [0.2, 0.25) is 0 Å². The van der Waals surface area contributed by atoms with E-state index in [1.165, 1.54) is 16.9 Å². The molecule has 0 radical (unpaired) electrons. The van der Waals surface area contributed by atoms with E-state index in [0.29, 0.717) is 22.0 Å². The average molecular weight is 351 g/mol. The molecular weight excluding hydrogens is 330 g/mol. The van der Waals surface area contributed by atoms with Crippen LogP contribution in [-0.2, 0) is 4.79 Å². The molecular formula is C16H21N3O2S2. The number of hydrogen-bond acceptors (Lipinski definition) is 6. The van der Waals surface area contributed by atoms with Gasteiger partial charge in [0.2, 0.25) is 5.13 Å². The lowest BCUT2D eigenvalue weighted by Gasteiger charge is -2.08. The number of nitrogens with one attached hydrogen (secondary N) is 1. The summed E-state index contributed by atoms with van der Waals surface area (Å²) in [4.78, 5) is 11.9. The first-order valence-electron chi connectivity index (χ1n) is 7.47. The lowest BCUT2D eigenvalue weighted by Crippen LogP contribution is -2.20. The van der Waals surface area contributed by atoms with Gasteiger partial charge in [0.05, 0.1) is 0 Å². The first-order chi connectivity index (χ1) is 10.9. The van der Waals surface area contributed by atoms with Crippen LogP contribution in [0.25, 0.3) is 0 Å². The average Bonchev–Trinajstić information content (AvgIpc) is 2.91. The van der Waals surface area contributed by atoms with Crippen LogP contribution in [0.3, 0.4) is 0 Å². The highest BCUT2D eigenvalue weighted by molar-refractivity contribution is 8.01. The molecule has 0 aliphatic heterocycles. The number of amides is 1. The molecule has 0 bridgehead atoms. The monoisotopic (exact) mass is 351 g/mol. The van der Waals surface area contributed by atoms with Crippen LogP contribution in [0.15, 0.2) is 28.6 Å². The zero-order chi connectivity index (χ0) is 16.8. The van der Waals surface area contributed by atoms with Gasteiger partial charge in [-0.15, -0.1) is 10.2 Å². The van der Waals surface area contributed by atoms with Gasteiger partial charge in [-0.05, 0) is 23.6 Å². The molecule has 0 aliphatic carbocycles. The lowest BCUT2D eigenvalue weighted by molar-refractivity contribution is -0.118. The quantitative estimate of drug-likeness (QED) is 0.599. The van der Waals surface area contributed by atoms with Crippen LogP contribution in [-0.4, -0.2) is 28.0 Å². The summed E-state index contributed by atoms with van der Waals surface area (Å²) in [5.41, 5.74) is 1.24. The molecule has 1 aromatic carbocycles. The molecule has 1 heterocycles. The normalized spacial score (nSPS) is 11.0. The molecule has 5 nitrogen and oxygen atoms in total. The van der Waals surface area contributed by atoms with Crippen LogP contribution < -0.4 is 10.1 Å². The largest absolute Gasteiger partial charge is 0.484 e. The number of hydrogen-bond donors (Lipinski definition) is 1. The SMILES string of the molecule is CC(C)Sc1nnc(NC(=O)COc2ccc(C(C)C)cc2)s1. The Labute approximate surface area is 144 Å². The van der Waals surface area contributed by atoms with E-state index in [2.05, 4.69) is 43.2 Å². The van der Waals surface area contributed by atoms with Crippen LogP contribution in [0.5, 0.6) is 5.75 Å². The fourth-order valence-corrected chi connectivity index (χ4v) is 3.75. The Bertz CT molecular complexity index is 639. The zero-order valence-corrected chi connectivity index (χ0v) is 15.3. The van der Waals surface area contributed by atoms with Gasteiger partial charge in [-0.1, -0.05) is 62.9 Å². The van der Waals surface area contributed by atoms with Gasteiger partial charge >= 0.3 is 0 Å². The van der Waals surface area contributed by atoms with Gasteiger partial charge in [-0.25, -0.2) is 0 Å². The van der Waals surface area contributed by atoms with E-state index in [9.17, 15) is 4.79 Å². The van der Waals surface area contributed by atoms with E-state index in [1.54, 1.807) is 11.8 Å². The molecule has 0 spiro atoms. The van der Waals surface area contributed by atoms with Crippen LogP contribution in [0.1, 0.15) is 39.2 Å². The summed E-state index contributed by atoms with van der Waals surface area (Å²) in [6, 6.07) is 7.78. The van der Waals surface area contributed by atoms with Crippen molar-refractivity contribution in [3.8, 4) is 5.75 Å². The number of nitrogens with zero attached hydrogens (tertiary/aromatic N) is 2. The highest BCUT2D eigenvalue weighted by atomic mass is 32.2. The number of carbonyl (C=O) groups excluding carboxylic acids is 1. The predicted octanol–water partition coefficient (Wildman–Crippen LogP) is 4.18. The molecule has 0 aliphatic rings. The zero-order valence-electron chi connectivity index (χ0n) is 13.7. The van der Waals surface area contributed by atoms with Crippen molar-refractivity contribution >= 4 is 34.1 Å². The third-order valence-corrected chi connectivity index (χ3v) is 4.83. The standard InChI is InChI=1S/C16H21N3O2S2/c1-10(2)12-5-7-13(8-6-12)21-9-14(20)17-15-18-19-16(23-15)22-11(3)4/h5-8,10-11H,9H2,1-4H3,(H,17,18,20). The number of benzene rings is 1. The van der Waals surface area contributed by atoms with Crippen molar-refractivity contribution in [1.82, 2.24) is 10.2 Å². The number of aromatic nitrogens is 2. The van der Waals surface area contributed by atoms with Crippen molar-refractivity contribution in [3.63, 3.8) is 0 Å². The smallest absolute Gasteiger partial charge is 0.264 e. The van der Waals surface area contributed by atoms with E-state index in [4.69, 9.17) is 4.74 Å². The van der Waals surface area contributed by atoms with E-state index < -0.39 is 0 Å². The van der Waals surface area contributed by atoms with E-state index >= 15 is 0 Å². The minimum Gasteiger partial charge on any atom is -0.484 e. The molecule has 1 aromatic heterocycles. The molecule has 0 saturated heterocycles. The number of rotatable bonds is 7. The Balaban J connectivity index is 1.81. The van der Waals surface area contributed by atoms with Gasteiger partial charge in [-0.3, -0.25) is 10.1 Å². The van der Waals surface area contributed by atoms with Crippen LogP contribution in [0, 0.1) is 0 Å². The maximum absolute atomic E-state index is 11.9. The summed E-state index contributed by atoms with van der Waals surface area (Å²) in [7, 11) is 0. The van der Waals surface area contributed by atoms with Crippen molar-refractivity contribution in [1.29, 1.82) is 0 Å². The second-order valence-corrected chi connectivity index (χ2v) is 8.40. The molecule has 23 heavy (non-hydrogen) atoms. The third-order valence-electron chi connectivity index (χ3n) is 2.91. The second-order valence-electron chi connectivity index (χ2n) is 5.60. The number of ether oxygens (including phenoxy) is 1. The van der Waals surface area contributed by atoms with E-state index in [0.717, 1.165) is 4.34 Å². The fourth-order valence-electron chi connectivity index (χ4n) is 1.76. The second kappa shape index (κ2) is 8.31. The fraction of sp³-hybridized carbons (Fsp3) is 0.438. The van der Waals surface area contributed by atoms with Gasteiger partial charge in [0.1, 0.15) is 5.75 Å². The molecule has 0 fully saturated rings. The van der Waals surface area contributed by atoms with Gasteiger partial charge in [-0.2, -0.15) is 0 Å². The van der Waals surface area contributed by atoms with Crippen molar-refractivity contribution in [2.75, 3.05) is 11.9 Å². The van der Waals surface area contributed by atoms with E-state index in [1.807, 2.05) is 24.3 Å². The Morgan fingerprint density at radius 3 is 2.52 bits per heavy atom. The molecule has 0 unspecified atom stereocenters. The highest BCUT2D eigenvalue weighted by Crippen LogP contribution is 2.28. The molecule has 1 amide bonds. The molecule has 0 saturated carbocycles. The molecule has 7 heteroatoms. The maximum Gasteiger partial charge on any atom is 0.264 e. The van der Waals surface area contributed by atoms with Gasteiger partial charge < -0.3 is 4.74 Å². The van der Waals surface area contributed by atoms with Gasteiger partial charge in [0, 0.05) is 5.25 Å². The lowest BCUT2D eigenvalue weighted by atomic mass is 10.0. The number of thioether (sulfide) groups is 1. The topological polar surface area (TPSA) is 64.1 Å². The third kappa shape index (κ3) is 5.84. The number of anilines is 1. The minimum atomic E-state index is -0.241. The summed E-state index contributed by atoms with van der Waals surface area (Å²) < 4.78 is 6.33. The summed E-state index contributed by atoms with van der Waals surface area (Å²) in [5.74, 6) is 0.913. The van der Waals surface area contributed by atoms with Crippen molar-refractivity contribution in [3.05, 3.63) is 29.8 Å². The van der Waals surface area contributed by atoms with Crippen LogP contribution in [0.4, 0.5) is 5.13 Å². The Morgan fingerprint density at radius 2 is 1.91 bits per heavy atom. The highest BCUT2D eigenvalue weighted by Gasteiger charge is 2.10. The molecule has 124 valence electrons. The number of carbonyl (C=O) groups is 1. The molecule has 0 atom stereocenters. The minimum absolute atomic E-state index is 0.0484. The van der Waals surface area contributed by atoms with Crippen LogP contribution >= 0.6 is 23.1 Å². The summed E-state index contributed by atoms with van der Waals surface area (Å²) >= 11 is 2.99. The predicted molar refractivity (Wildman–Crippen MR) is 95.6 cm³/mol. The van der Waals surface area contributed by atoms with Crippen molar-refractivity contribution < 1.29 is 9.53 Å². The first-order valence-corrected chi connectivity index (χ1v) is 9.16. The van der Waals surface area contributed by atoms with Crippen molar-refractivity contribution in [2.45, 2.75) is 43.2 Å².